The van der Waals surface area contributed by atoms with Gasteiger partial charge in [0, 0.05) is 29.4 Å². The molecule has 3 N–H and O–H groups in total. The Hall–Kier alpha value is -6.20. The molecule has 0 aliphatic rings. The molecule has 0 aliphatic carbocycles. The number of aromatic nitrogens is 3. The summed E-state index contributed by atoms with van der Waals surface area (Å²) in [6.07, 6.45) is 1.14. The maximum Gasteiger partial charge on any atom is 0.407 e. The number of amides is 2. The number of alkyl carbamates (subject to hydrolysis) is 1. The molecule has 258 valence electrons. The standard InChI is InChI=1S/C40H35F2N5O4/c41-30-19-17-29(18-20-30)34-23-36(47-46-34)38-32(15-9-16-33(38)42)39(48)44-35(22-31-14-7-8-21-43-31)37(26-50-24-27-10-3-1-4-11-27)45-40(49)51-25-28-12-5-2-6-13-28/h1-21,23,35,37H,22,24-26H2,(H,44,48)(H,45,49)(H,46,47)/t35-,37+/m0/s1. The third-order valence-corrected chi connectivity index (χ3v) is 8.13. The van der Waals surface area contributed by atoms with Crippen molar-refractivity contribution in [2.24, 2.45) is 0 Å². The summed E-state index contributed by atoms with van der Waals surface area (Å²) in [6, 6.07) is 34.2. The third kappa shape index (κ3) is 9.49. The van der Waals surface area contributed by atoms with Crippen molar-refractivity contribution in [2.75, 3.05) is 6.61 Å². The van der Waals surface area contributed by atoms with E-state index < -0.39 is 35.7 Å². The molecule has 51 heavy (non-hydrogen) atoms. The molecule has 0 bridgehead atoms. The van der Waals surface area contributed by atoms with Gasteiger partial charge in [0.25, 0.3) is 5.91 Å². The molecule has 2 aromatic heterocycles. The maximum absolute atomic E-state index is 15.5. The summed E-state index contributed by atoms with van der Waals surface area (Å²) in [7, 11) is 0. The molecule has 2 amide bonds. The monoisotopic (exact) mass is 687 g/mol. The van der Waals surface area contributed by atoms with Gasteiger partial charge in [-0.3, -0.25) is 14.9 Å². The van der Waals surface area contributed by atoms with E-state index in [1.165, 1.54) is 30.3 Å². The highest BCUT2D eigenvalue weighted by Crippen LogP contribution is 2.29. The van der Waals surface area contributed by atoms with E-state index in [1.54, 1.807) is 30.5 Å². The smallest absolute Gasteiger partial charge is 0.407 e. The fraction of sp³-hybridized carbons (Fsp3) is 0.150. The van der Waals surface area contributed by atoms with Gasteiger partial charge in [0.2, 0.25) is 0 Å². The number of ether oxygens (including phenoxy) is 2. The first-order valence-electron chi connectivity index (χ1n) is 16.3. The lowest BCUT2D eigenvalue weighted by Crippen LogP contribution is -2.55. The number of aromatic amines is 1. The average Bonchev–Trinajstić information content (AvgIpc) is 3.64. The number of halogens is 2. The van der Waals surface area contributed by atoms with Crippen LogP contribution in [0.1, 0.15) is 27.2 Å². The van der Waals surface area contributed by atoms with E-state index in [1.807, 2.05) is 72.8 Å². The summed E-state index contributed by atoms with van der Waals surface area (Å²) in [6.45, 7) is 0.301. The minimum atomic E-state index is -0.794. The maximum atomic E-state index is 15.5. The predicted molar refractivity (Wildman–Crippen MR) is 188 cm³/mol. The molecule has 0 spiro atoms. The molecule has 9 nitrogen and oxygen atoms in total. The Morgan fingerprint density at radius 1 is 0.745 bits per heavy atom. The van der Waals surface area contributed by atoms with Crippen LogP contribution in [0.2, 0.25) is 0 Å². The number of nitrogens with one attached hydrogen (secondary N) is 3. The van der Waals surface area contributed by atoms with Crippen LogP contribution in [0.15, 0.2) is 134 Å². The predicted octanol–water partition coefficient (Wildman–Crippen LogP) is 7.27. The van der Waals surface area contributed by atoms with Gasteiger partial charge >= 0.3 is 6.09 Å². The van der Waals surface area contributed by atoms with Crippen molar-refractivity contribution in [1.29, 1.82) is 0 Å². The molecule has 2 atom stereocenters. The van der Waals surface area contributed by atoms with Crippen LogP contribution in [-0.4, -0.2) is 45.9 Å². The van der Waals surface area contributed by atoms with E-state index in [0.29, 0.717) is 17.0 Å². The van der Waals surface area contributed by atoms with Gasteiger partial charge < -0.3 is 20.1 Å². The lowest BCUT2D eigenvalue weighted by molar-refractivity contribution is 0.0727. The summed E-state index contributed by atoms with van der Waals surface area (Å²) in [5, 5.41) is 13.0. The number of carbonyl (C=O) groups is 2. The molecule has 4 aromatic carbocycles. The molecule has 0 saturated heterocycles. The third-order valence-electron chi connectivity index (χ3n) is 8.13. The van der Waals surface area contributed by atoms with Crippen LogP contribution in [0, 0.1) is 11.6 Å². The second-order valence-electron chi connectivity index (χ2n) is 11.8. The van der Waals surface area contributed by atoms with Crippen LogP contribution in [0.5, 0.6) is 0 Å². The van der Waals surface area contributed by atoms with E-state index in [0.717, 1.165) is 11.1 Å². The number of benzene rings is 4. The molecule has 6 aromatic rings. The summed E-state index contributed by atoms with van der Waals surface area (Å²) >= 11 is 0. The number of nitrogens with zero attached hydrogens (tertiary/aromatic N) is 2. The Balaban J connectivity index is 1.27. The van der Waals surface area contributed by atoms with Gasteiger partial charge in [0.05, 0.1) is 42.2 Å². The molecule has 0 aliphatic heterocycles. The van der Waals surface area contributed by atoms with Crippen molar-refractivity contribution in [2.45, 2.75) is 31.7 Å². The number of hydrogen-bond donors (Lipinski definition) is 3. The second-order valence-corrected chi connectivity index (χ2v) is 11.8. The van der Waals surface area contributed by atoms with Gasteiger partial charge in [-0.05, 0) is 65.7 Å². The first kappa shape index (κ1) is 34.7. The Morgan fingerprint density at radius 2 is 1.45 bits per heavy atom. The SMILES string of the molecule is O=C(N[C@H](COCc1ccccc1)[C@H](Cc1ccccn1)NC(=O)c1cccc(F)c1-c1cc(-c2ccc(F)cc2)n[nH]1)OCc1ccccc1. The van der Waals surface area contributed by atoms with Crippen LogP contribution < -0.4 is 10.6 Å². The number of H-pyrrole nitrogens is 1. The zero-order valence-corrected chi connectivity index (χ0v) is 27.5. The van der Waals surface area contributed by atoms with Crippen molar-refractivity contribution >= 4 is 12.0 Å². The highest BCUT2D eigenvalue weighted by atomic mass is 19.1. The molecule has 0 radical (unpaired) electrons. The van der Waals surface area contributed by atoms with Crippen LogP contribution in [0.4, 0.5) is 13.6 Å². The van der Waals surface area contributed by atoms with Crippen molar-refractivity contribution in [1.82, 2.24) is 25.8 Å². The van der Waals surface area contributed by atoms with Gasteiger partial charge in [-0.25, -0.2) is 13.6 Å². The lowest BCUT2D eigenvalue weighted by atomic mass is 9.99. The van der Waals surface area contributed by atoms with Crippen molar-refractivity contribution < 1.29 is 27.8 Å². The molecular weight excluding hydrogens is 652 g/mol. The average molecular weight is 688 g/mol. The van der Waals surface area contributed by atoms with E-state index in [2.05, 4.69) is 25.8 Å². The van der Waals surface area contributed by atoms with Gasteiger partial charge in [0.1, 0.15) is 18.2 Å². The second kappa shape index (κ2) is 17.0. The Bertz CT molecular complexity index is 2030. The normalized spacial score (nSPS) is 12.1. The van der Waals surface area contributed by atoms with Gasteiger partial charge in [-0.2, -0.15) is 5.10 Å². The highest BCUT2D eigenvalue weighted by molar-refractivity contribution is 6.01. The van der Waals surface area contributed by atoms with Gasteiger partial charge in [-0.1, -0.05) is 72.8 Å². The van der Waals surface area contributed by atoms with Gasteiger partial charge in [-0.15, -0.1) is 0 Å². The van der Waals surface area contributed by atoms with Crippen LogP contribution in [0.25, 0.3) is 22.5 Å². The van der Waals surface area contributed by atoms with E-state index in [9.17, 15) is 14.0 Å². The first-order chi connectivity index (χ1) is 24.9. The molecular formula is C40H35F2N5O4. The number of hydrogen-bond acceptors (Lipinski definition) is 6. The van der Waals surface area contributed by atoms with E-state index in [-0.39, 0.29) is 43.1 Å². The minimum Gasteiger partial charge on any atom is -0.445 e. The highest BCUT2D eigenvalue weighted by Gasteiger charge is 2.29. The summed E-state index contributed by atoms with van der Waals surface area (Å²) in [5.74, 6) is -1.65. The van der Waals surface area contributed by atoms with Crippen LogP contribution >= 0.6 is 0 Å². The number of rotatable bonds is 14. The Labute approximate surface area is 293 Å². The van der Waals surface area contributed by atoms with Gasteiger partial charge in [0.15, 0.2) is 0 Å². The lowest BCUT2D eigenvalue weighted by Gasteiger charge is -2.29. The van der Waals surface area contributed by atoms with E-state index >= 15 is 4.39 Å². The fourth-order valence-electron chi connectivity index (χ4n) is 5.54. The molecule has 0 fully saturated rings. The minimum absolute atomic E-state index is 0.000412. The Morgan fingerprint density at radius 3 is 2.16 bits per heavy atom. The summed E-state index contributed by atoms with van der Waals surface area (Å²) < 4.78 is 40.7. The fourth-order valence-corrected chi connectivity index (χ4v) is 5.54. The summed E-state index contributed by atoms with van der Waals surface area (Å²) in [5.41, 5.74) is 3.73. The first-order valence-corrected chi connectivity index (χ1v) is 16.3. The van der Waals surface area contributed by atoms with E-state index in [4.69, 9.17) is 9.47 Å². The number of carbonyl (C=O) groups excluding carboxylic acids is 2. The molecule has 2 heterocycles. The quantitative estimate of drug-likeness (QED) is 0.111. The molecule has 11 heteroatoms. The largest absolute Gasteiger partial charge is 0.445 e. The van der Waals surface area contributed by atoms with Crippen molar-refractivity contribution in [3.8, 4) is 22.5 Å². The summed E-state index contributed by atoms with van der Waals surface area (Å²) in [4.78, 5) is 31.8. The topological polar surface area (TPSA) is 118 Å². The molecule has 6 rings (SSSR count). The zero-order valence-electron chi connectivity index (χ0n) is 27.5. The van der Waals surface area contributed by atoms with Crippen LogP contribution in [-0.2, 0) is 29.1 Å². The van der Waals surface area contributed by atoms with Crippen molar-refractivity contribution in [3.05, 3.63) is 168 Å². The van der Waals surface area contributed by atoms with Crippen LogP contribution in [0.3, 0.4) is 0 Å². The molecule has 0 saturated carbocycles. The Kier molecular flexibility index (Phi) is 11.5. The van der Waals surface area contributed by atoms with Crippen molar-refractivity contribution in [3.63, 3.8) is 0 Å². The zero-order chi connectivity index (χ0) is 35.4. The number of pyridine rings is 1. The molecule has 0 unspecified atom stereocenters.